The summed E-state index contributed by atoms with van der Waals surface area (Å²) in [6.07, 6.45) is 0. The minimum atomic E-state index is -0.684. The standard InChI is InChI=1S/C16H19N5O4.ClH/c1-10-8-13(22)14(15(23)18-9-16(2,3)17)19-20(10)11-6-4-5-7-12(11)21(24)25;/h4-8H,9,17H2,1-3H3,(H,18,23);1H. The molecule has 0 spiro atoms. The van der Waals surface area contributed by atoms with Crippen molar-refractivity contribution in [3.8, 4) is 5.69 Å². The number of aromatic nitrogens is 2. The van der Waals surface area contributed by atoms with Crippen molar-refractivity contribution in [1.29, 1.82) is 0 Å². The van der Waals surface area contributed by atoms with Crippen LogP contribution in [0.3, 0.4) is 0 Å². The van der Waals surface area contributed by atoms with Crippen molar-refractivity contribution in [2.45, 2.75) is 26.3 Å². The number of hydrogen-bond donors (Lipinski definition) is 2. The third-order valence-corrected chi connectivity index (χ3v) is 3.33. The third kappa shape index (κ3) is 4.87. The van der Waals surface area contributed by atoms with E-state index in [4.69, 9.17) is 5.73 Å². The Kier molecular flexibility index (Phi) is 6.60. The summed E-state index contributed by atoms with van der Waals surface area (Å²) in [5, 5.41) is 17.8. The van der Waals surface area contributed by atoms with Gasteiger partial charge in [-0.15, -0.1) is 12.4 Å². The topological polar surface area (TPSA) is 133 Å². The molecule has 0 saturated heterocycles. The van der Waals surface area contributed by atoms with Gasteiger partial charge in [-0.05, 0) is 26.8 Å². The Hall–Kier alpha value is -2.78. The zero-order chi connectivity index (χ0) is 18.8. The lowest BCUT2D eigenvalue weighted by atomic mass is 10.1. The highest BCUT2D eigenvalue weighted by atomic mass is 35.5. The minimum absolute atomic E-state index is 0. The van der Waals surface area contributed by atoms with Crippen LogP contribution in [0, 0.1) is 17.0 Å². The summed E-state index contributed by atoms with van der Waals surface area (Å²) in [6, 6.07) is 7.17. The van der Waals surface area contributed by atoms with Crippen LogP contribution in [0.5, 0.6) is 0 Å². The molecule has 0 aliphatic rings. The van der Waals surface area contributed by atoms with Crippen molar-refractivity contribution in [2.75, 3.05) is 6.54 Å². The molecule has 0 fully saturated rings. The lowest BCUT2D eigenvalue weighted by Crippen LogP contribution is -2.46. The van der Waals surface area contributed by atoms with Gasteiger partial charge in [0.2, 0.25) is 5.43 Å². The van der Waals surface area contributed by atoms with E-state index in [9.17, 15) is 19.7 Å². The molecule has 0 bridgehead atoms. The summed E-state index contributed by atoms with van der Waals surface area (Å²) in [5.41, 5.74) is 4.58. The fourth-order valence-electron chi connectivity index (χ4n) is 2.14. The largest absolute Gasteiger partial charge is 0.349 e. The number of nitro benzene ring substituents is 1. The van der Waals surface area contributed by atoms with Gasteiger partial charge in [-0.25, -0.2) is 4.68 Å². The molecule has 9 nitrogen and oxygen atoms in total. The highest BCUT2D eigenvalue weighted by molar-refractivity contribution is 5.92. The lowest BCUT2D eigenvalue weighted by molar-refractivity contribution is -0.384. The van der Waals surface area contributed by atoms with Crippen LogP contribution in [-0.4, -0.2) is 32.7 Å². The maximum Gasteiger partial charge on any atom is 0.294 e. The summed E-state index contributed by atoms with van der Waals surface area (Å²) in [7, 11) is 0. The molecule has 26 heavy (non-hydrogen) atoms. The molecule has 0 saturated carbocycles. The molecular weight excluding hydrogens is 362 g/mol. The molecule has 2 aromatic rings. The molecule has 0 aliphatic heterocycles. The number of nitrogens with zero attached hydrogens (tertiary/aromatic N) is 3. The van der Waals surface area contributed by atoms with Gasteiger partial charge in [0.15, 0.2) is 5.69 Å². The van der Waals surface area contributed by atoms with Crippen molar-refractivity contribution in [3.05, 3.63) is 62.1 Å². The Balaban J connectivity index is 0.00000338. The minimum Gasteiger partial charge on any atom is -0.349 e. The summed E-state index contributed by atoms with van der Waals surface area (Å²) < 4.78 is 1.21. The molecule has 0 unspecified atom stereocenters. The van der Waals surface area contributed by atoms with Gasteiger partial charge in [0.1, 0.15) is 5.69 Å². The first-order valence-corrected chi connectivity index (χ1v) is 7.52. The second kappa shape index (κ2) is 8.07. The lowest BCUT2D eigenvalue weighted by Gasteiger charge is -2.18. The van der Waals surface area contributed by atoms with E-state index in [1.54, 1.807) is 26.8 Å². The highest BCUT2D eigenvalue weighted by Crippen LogP contribution is 2.22. The zero-order valence-corrected chi connectivity index (χ0v) is 15.4. The van der Waals surface area contributed by atoms with Crippen LogP contribution in [0.4, 0.5) is 5.69 Å². The van der Waals surface area contributed by atoms with E-state index in [0.29, 0.717) is 5.69 Å². The van der Waals surface area contributed by atoms with Crippen LogP contribution in [-0.2, 0) is 0 Å². The predicted octanol–water partition coefficient (Wildman–Crippen LogP) is 1.34. The van der Waals surface area contributed by atoms with E-state index in [-0.39, 0.29) is 36.0 Å². The summed E-state index contributed by atoms with van der Waals surface area (Å²) in [5.74, 6) is -0.684. The normalized spacial score (nSPS) is 10.8. The van der Waals surface area contributed by atoms with Gasteiger partial charge in [-0.1, -0.05) is 12.1 Å². The first-order chi connectivity index (χ1) is 11.6. The van der Waals surface area contributed by atoms with Gasteiger partial charge < -0.3 is 11.1 Å². The zero-order valence-electron chi connectivity index (χ0n) is 14.6. The fourth-order valence-corrected chi connectivity index (χ4v) is 2.14. The first-order valence-electron chi connectivity index (χ1n) is 7.52. The van der Waals surface area contributed by atoms with Gasteiger partial charge >= 0.3 is 0 Å². The molecular formula is C16H20ClN5O4. The number of benzene rings is 1. The molecule has 1 amide bonds. The van der Waals surface area contributed by atoms with Crippen LogP contribution in [0.15, 0.2) is 35.1 Å². The quantitative estimate of drug-likeness (QED) is 0.593. The van der Waals surface area contributed by atoms with E-state index in [0.717, 1.165) is 0 Å². The average molecular weight is 382 g/mol. The van der Waals surface area contributed by atoms with Crippen LogP contribution in [0.2, 0.25) is 0 Å². The van der Waals surface area contributed by atoms with E-state index >= 15 is 0 Å². The van der Waals surface area contributed by atoms with E-state index in [1.807, 2.05) is 0 Å². The van der Waals surface area contributed by atoms with Gasteiger partial charge in [-0.3, -0.25) is 19.7 Å². The Morgan fingerprint density at radius 1 is 1.38 bits per heavy atom. The molecule has 3 N–H and O–H groups in total. The van der Waals surface area contributed by atoms with Gasteiger partial charge in [0, 0.05) is 29.9 Å². The van der Waals surface area contributed by atoms with Crippen molar-refractivity contribution in [2.24, 2.45) is 5.73 Å². The highest BCUT2D eigenvalue weighted by Gasteiger charge is 2.21. The maximum atomic E-state index is 12.2. The first kappa shape index (κ1) is 21.3. The van der Waals surface area contributed by atoms with Gasteiger partial charge in [-0.2, -0.15) is 5.10 Å². The van der Waals surface area contributed by atoms with Crippen LogP contribution in [0.1, 0.15) is 30.0 Å². The molecule has 2 rings (SSSR count). The molecule has 1 heterocycles. The van der Waals surface area contributed by atoms with Crippen molar-refractivity contribution >= 4 is 24.0 Å². The number of aryl methyl sites for hydroxylation is 1. The second-order valence-corrected chi connectivity index (χ2v) is 6.33. The molecule has 1 aromatic carbocycles. The second-order valence-electron chi connectivity index (χ2n) is 6.33. The fraction of sp³-hybridized carbons (Fsp3) is 0.312. The van der Waals surface area contributed by atoms with Gasteiger partial charge in [0.25, 0.3) is 11.6 Å². The number of rotatable bonds is 5. The smallest absolute Gasteiger partial charge is 0.294 e. The van der Waals surface area contributed by atoms with Crippen LogP contribution in [0.25, 0.3) is 5.69 Å². The number of nitrogens with two attached hydrogens (primary N) is 1. The number of nitrogens with one attached hydrogen (secondary N) is 1. The monoisotopic (exact) mass is 381 g/mol. The summed E-state index contributed by atoms with van der Waals surface area (Å²) >= 11 is 0. The third-order valence-electron chi connectivity index (χ3n) is 3.33. The molecule has 140 valence electrons. The maximum absolute atomic E-state index is 12.2. The Labute approximate surface area is 155 Å². The van der Waals surface area contributed by atoms with Crippen molar-refractivity contribution in [1.82, 2.24) is 15.1 Å². The Morgan fingerprint density at radius 2 is 2.00 bits per heavy atom. The summed E-state index contributed by atoms with van der Waals surface area (Å²) in [4.78, 5) is 35.0. The number of para-hydroxylation sites is 2. The van der Waals surface area contributed by atoms with E-state index in [1.165, 1.54) is 28.9 Å². The molecule has 1 aromatic heterocycles. The number of hydrogen-bond acceptors (Lipinski definition) is 6. The van der Waals surface area contributed by atoms with E-state index < -0.39 is 21.8 Å². The predicted molar refractivity (Wildman–Crippen MR) is 99.1 cm³/mol. The molecule has 0 radical (unpaired) electrons. The molecule has 0 aliphatic carbocycles. The van der Waals surface area contributed by atoms with Gasteiger partial charge in [0.05, 0.1) is 4.92 Å². The number of halogens is 1. The van der Waals surface area contributed by atoms with Crippen LogP contribution >= 0.6 is 12.4 Å². The van der Waals surface area contributed by atoms with Crippen LogP contribution < -0.4 is 16.5 Å². The Bertz CT molecular complexity index is 889. The number of nitro groups is 1. The SMILES string of the molecule is Cc1cc(=O)c(C(=O)NCC(C)(C)N)nn1-c1ccccc1[N+](=O)[O-].Cl. The number of amides is 1. The number of carbonyl (C=O) groups excluding carboxylic acids is 1. The Morgan fingerprint density at radius 3 is 2.58 bits per heavy atom. The molecule has 10 heteroatoms. The number of carbonyl (C=O) groups is 1. The van der Waals surface area contributed by atoms with E-state index in [2.05, 4.69) is 10.4 Å². The molecule has 0 atom stereocenters. The summed E-state index contributed by atoms with van der Waals surface area (Å²) in [6.45, 7) is 5.17. The van der Waals surface area contributed by atoms with Crippen molar-refractivity contribution < 1.29 is 9.72 Å². The average Bonchev–Trinajstić information content (AvgIpc) is 2.52. The van der Waals surface area contributed by atoms with Crippen molar-refractivity contribution in [3.63, 3.8) is 0 Å².